The third-order valence-corrected chi connectivity index (χ3v) is 4.60. The quantitative estimate of drug-likeness (QED) is 0.847. The van der Waals surface area contributed by atoms with Crippen LogP contribution in [0, 0.1) is 5.92 Å². The van der Waals surface area contributed by atoms with Gasteiger partial charge < -0.3 is 15.4 Å². The van der Waals surface area contributed by atoms with Gasteiger partial charge in [0, 0.05) is 31.2 Å². The largest absolute Gasteiger partial charge is 0.444 e. The van der Waals surface area contributed by atoms with Crippen LogP contribution in [0.4, 0.5) is 4.79 Å². The zero-order valence-electron chi connectivity index (χ0n) is 14.2. The third kappa shape index (κ3) is 4.33. The average Bonchev–Trinajstić information content (AvgIpc) is 2.95. The van der Waals surface area contributed by atoms with Crippen LogP contribution in [0.1, 0.15) is 47.5 Å². The van der Waals surface area contributed by atoms with Crippen molar-refractivity contribution in [3.63, 3.8) is 0 Å². The number of hydrogen-bond donors (Lipinski definition) is 1. The van der Waals surface area contributed by atoms with E-state index in [0.717, 1.165) is 39.0 Å². The van der Waals surface area contributed by atoms with Gasteiger partial charge >= 0.3 is 6.09 Å². The molecule has 0 spiro atoms. The number of likely N-dealkylation sites (tertiary alicyclic amines) is 2. The lowest BCUT2D eigenvalue weighted by Gasteiger charge is -2.29. The minimum atomic E-state index is -0.419. The van der Waals surface area contributed by atoms with Gasteiger partial charge in [0.25, 0.3) is 0 Å². The van der Waals surface area contributed by atoms with Crippen molar-refractivity contribution in [2.24, 2.45) is 11.7 Å². The van der Waals surface area contributed by atoms with Gasteiger partial charge in [0.2, 0.25) is 0 Å². The Balaban J connectivity index is 1.85. The van der Waals surface area contributed by atoms with Crippen LogP contribution >= 0.6 is 0 Å². The average molecular weight is 297 g/mol. The van der Waals surface area contributed by atoms with Gasteiger partial charge in [0.15, 0.2) is 0 Å². The third-order valence-electron chi connectivity index (χ3n) is 4.60. The molecule has 0 radical (unpaired) electrons. The van der Waals surface area contributed by atoms with Crippen LogP contribution in [-0.4, -0.2) is 59.3 Å². The van der Waals surface area contributed by atoms with E-state index in [0.29, 0.717) is 12.0 Å². The molecule has 2 fully saturated rings. The van der Waals surface area contributed by atoms with E-state index >= 15 is 0 Å². The summed E-state index contributed by atoms with van der Waals surface area (Å²) in [7, 11) is 0. The monoisotopic (exact) mass is 297 g/mol. The van der Waals surface area contributed by atoms with E-state index in [4.69, 9.17) is 10.5 Å². The molecule has 21 heavy (non-hydrogen) atoms. The fourth-order valence-electron chi connectivity index (χ4n) is 3.26. The maximum Gasteiger partial charge on any atom is 0.410 e. The summed E-state index contributed by atoms with van der Waals surface area (Å²) in [6, 6.07) is 0.463. The standard InChI is InChI=1S/C16H31N3O2/c1-15(2,3)21-14(20)19-9-7-13(11-19)18-8-6-12(10-18)16(4,5)17/h12-13H,6-11,17H2,1-5H3. The lowest BCUT2D eigenvalue weighted by Crippen LogP contribution is -2.44. The Kier molecular flexibility index (Phi) is 4.54. The Labute approximate surface area is 128 Å². The molecule has 2 heterocycles. The fourth-order valence-corrected chi connectivity index (χ4v) is 3.26. The van der Waals surface area contributed by atoms with Crippen LogP contribution < -0.4 is 5.73 Å². The van der Waals surface area contributed by atoms with Gasteiger partial charge in [-0.2, -0.15) is 0 Å². The lowest BCUT2D eigenvalue weighted by molar-refractivity contribution is 0.0281. The lowest BCUT2D eigenvalue weighted by atomic mass is 9.88. The molecule has 2 saturated heterocycles. The van der Waals surface area contributed by atoms with Crippen molar-refractivity contribution in [2.75, 3.05) is 26.2 Å². The Morgan fingerprint density at radius 3 is 2.29 bits per heavy atom. The van der Waals surface area contributed by atoms with E-state index in [1.807, 2.05) is 25.7 Å². The van der Waals surface area contributed by atoms with Crippen LogP contribution in [0.15, 0.2) is 0 Å². The summed E-state index contributed by atoms with van der Waals surface area (Å²) in [6.45, 7) is 13.7. The second-order valence-corrected chi connectivity index (χ2v) is 8.17. The van der Waals surface area contributed by atoms with Crippen molar-refractivity contribution in [3.05, 3.63) is 0 Å². The first kappa shape index (κ1) is 16.6. The zero-order chi connectivity index (χ0) is 15.8. The van der Waals surface area contributed by atoms with Crippen molar-refractivity contribution in [2.45, 2.75) is 64.6 Å². The molecule has 0 aromatic carbocycles. The molecule has 2 rings (SSSR count). The molecule has 122 valence electrons. The van der Waals surface area contributed by atoms with Crippen molar-refractivity contribution >= 4 is 6.09 Å². The first-order valence-electron chi connectivity index (χ1n) is 8.07. The molecule has 0 aromatic heterocycles. The number of carbonyl (C=O) groups excluding carboxylic acids is 1. The number of rotatable bonds is 2. The Morgan fingerprint density at radius 1 is 1.10 bits per heavy atom. The van der Waals surface area contributed by atoms with Gasteiger partial charge in [-0.05, 0) is 59.9 Å². The first-order valence-corrected chi connectivity index (χ1v) is 8.07. The van der Waals surface area contributed by atoms with Crippen molar-refractivity contribution < 1.29 is 9.53 Å². The maximum absolute atomic E-state index is 12.1. The molecule has 2 atom stereocenters. The SMILES string of the molecule is CC(C)(C)OC(=O)N1CCC(N2CCC(C(C)(C)N)C2)C1. The molecule has 0 bridgehead atoms. The molecule has 2 aliphatic rings. The summed E-state index contributed by atoms with van der Waals surface area (Å²) < 4.78 is 5.46. The van der Waals surface area contributed by atoms with Crippen LogP contribution in [0.25, 0.3) is 0 Å². The Morgan fingerprint density at radius 2 is 1.76 bits per heavy atom. The second-order valence-electron chi connectivity index (χ2n) is 8.17. The molecule has 0 aromatic rings. The number of carbonyl (C=O) groups is 1. The number of ether oxygens (including phenoxy) is 1. The van der Waals surface area contributed by atoms with Crippen molar-refractivity contribution in [3.8, 4) is 0 Å². The molecule has 1 amide bonds. The van der Waals surface area contributed by atoms with Gasteiger partial charge in [0.1, 0.15) is 5.60 Å². The van der Waals surface area contributed by atoms with Crippen molar-refractivity contribution in [1.29, 1.82) is 0 Å². The number of nitrogens with two attached hydrogens (primary N) is 1. The summed E-state index contributed by atoms with van der Waals surface area (Å²) in [5, 5.41) is 0. The van der Waals surface area contributed by atoms with Gasteiger partial charge in [-0.3, -0.25) is 4.90 Å². The Hall–Kier alpha value is -0.810. The minimum Gasteiger partial charge on any atom is -0.444 e. The molecular weight excluding hydrogens is 266 g/mol. The van der Waals surface area contributed by atoms with E-state index in [1.54, 1.807) is 0 Å². The summed E-state index contributed by atoms with van der Waals surface area (Å²) in [5.41, 5.74) is 5.70. The highest BCUT2D eigenvalue weighted by Crippen LogP contribution is 2.29. The second kappa shape index (κ2) is 5.76. The van der Waals surface area contributed by atoms with Gasteiger partial charge in [-0.25, -0.2) is 4.79 Å². The fraction of sp³-hybridized carbons (Fsp3) is 0.938. The molecular formula is C16H31N3O2. The predicted octanol–water partition coefficient (Wildman–Crippen LogP) is 2.05. The van der Waals surface area contributed by atoms with Crippen LogP contribution in [0.2, 0.25) is 0 Å². The Bertz CT molecular complexity index is 384. The van der Waals surface area contributed by atoms with E-state index in [1.165, 1.54) is 0 Å². The normalized spacial score (nSPS) is 28.2. The highest BCUT2D eigenvalue weighted by molar-refractivity contribution is 5.68. The van der Waals surface area contributed by atoms with E-state index in [-0.39, 0.29) is 11.6 Å². The number of hydrogen-bond acceptors (Lipinski definition) is 4. The van der Waals surface area contributed by atoms with Crippen LogP contribution in [0.5, 0.6) is 0 Å². The maximum atomic E-state index is 12.1. The molecule has 2 N–H and O–H groups in total. The van der Waals surface area contributed by atoms with Gasteiger partial charge in [-0.15, -0.1) is 0 Å². The molecule has 5 nitrogen and oxygen atoms in total. The number of nitrogens with zero attached hydrogens (tertiary/aromatic N) is 2. The summed E-state index contributed by atoms with van der Waals surface area (Å²) in [5.74, 6) is 0.549. The van der Waals surface area contributed by atoms with E-state index < -0.39 is 5.60 Å². The van der Waals surface area contributed by atoms with Gasteiger partial charge in [0.05, 0.1) is 0 Å². The summed E-state index contributed by atoms with van der Waals surface area (Å²) in [4.78, 5) is 16.5. The van der Waals surface area contributed by atoms with Crippen LogP contribution in [0.3, 0.4) is 0 Å². The van der Waals surface area contributed by atoms with Crippen molar-refractivity contribution in [1.82, 2.24) is 9.80 Å². The first-order chi connectivity index (χ1) is 9.56. The molecule has 5 heteroatoms. The zero-order valence-corrected chi connectivity index (χ0v) is 14.2. The molecule has 2 unspecified atom stereocenters. The number of amides is 1. The van der Waals surface area contributed by atoms with Gasteiger partial charge in [-0.1, -0.05) is 0 Å². The topological polar surface area (TPSA) is 58.8 Å². The molecule has 0 saturated carbocycles. The van der Waals surface area contributed by atoms with E-state index in [9.17, 15) is 4.79 Å². The molecule has 2 aliphatic heterocycles. The van der Waals surface area contributed by atoms with E-state index in [2.05, 4.69) is 18.7 Å². The predicted molar refractivity (Wildman–Crippen MR) is 84.2 cm³/mol. The summed E-state index contributed by atoms with van der Waals surface area (Å²) >= 11 is 0. The minimum absolute atomic E-state index is 0.113. The summed E-state index contributed by atoms with van der Waals surface area (Å²) in [6.07, 6.45) is 2.02. The highest BCUT2D eigenvalue weighted by atomic mass is 16.6. The van der Waals surface area contributed by atoms with Crippen LogP contribution in [-0.2, 0) is 4.74 Å². The highest BCUT2D eigenvalue weighted by Gasteiger charge is 2.38. The smallest absolute Gasteiger partial charge is 0.410 e. The molecule has 0 aliphatic carbocycles.